The molecule has 1 aliphatic carbocycles. The number of methoxy groups -OCH3 is 1. The van der Waals surface area contributed by atoms with Crippen LogP contribution in [0.25, 0.3) is 0 Å². The number of fused-ring (bicyclic) bond motifs is 1. The third kappa shape index (κ3) is 5.79. The minimum absolute atomic E-state index is 0.0645. The van der Waals surface area contributed by atoms with Crippen molar-refractivity contribution in [2.75, 3.05) is 58.9 Å². The molecule has 0 atom stereocenters. The predicted molar refractivity (Wildman–Crippen MR) is 108 cm³/mol. The quantitative estimate of drug-likeness (QED) is 0.337. The minimum atomic E-state index is -0.190. The van der Waals surface area contributed by atoms with Crippen molar-refractivity contribution >= 4 is 17.7 Å². The summed E-state index contributed by atoms with van der Waals surface area (Å²) >= 11 is 1.36. The van der Waals surface area contributed by atoms with Crippen LogP contribution in [0.3, 0.4) is 0 Å². The van der Waals surface area contributed by atoms with Gasteiger partial charge >= 0.3 is 5.69 Å². The highest BCUT2D eigenvalue weighted by Gasteiger charge is 2.22. The molecule has 156 valence electrons. The van der Waals surface area contributed by atoms with Crippen LogP contribution in [0.4, 0.5) is 0 Å². The lowest BCUT2D eigenvalue weighted by atomic mass is 10.2. The van der Waals surface area contributed by atoms with Crippen LogP contribution in [-0.2, 0) is 33.7 Å². The van der Waals surface area contributed by atoms with E-state index in [9.17, 15) is 9.59 Å². The van der Waals surface area contributed by atoms with Gasteiger partial charge < -0.3 is 14.8 Å². The SMILES string of the molecule is COCCNC(=O)CSc1nc(=O)n(CCCN2CCOCC2)c2c1CCC2. The second-order valence-corrected chi connectivity index (χ2v) is 8.03. The van der Waals surface area contributed by atoms with Crippen molar-refractivity contribution in [3.8, 4) is 0 Å². The van der Waals surface area contributed by atoms with Gasteiger partial charge in [0.15, 0.2) is 0 Å². The zero-order valence-corrected chi connectivity index (χ0v) is 17.4. The Bertz CT molecular complexity index is 719. The maximum absolute atomic E-state index is 12.6. The number of nitrogens with zero attached hydrogens (tertiary/aromatic N) is 3. The molecule has 28 heavy (non-hydrogen) atoms. The van der Waals surface area contributed by atoms with Crippen LogP contribution in [-0.4, -0.2) is 79.2 Å². The molecule has 1 amide bonds. The lowest BCUT2D eigenvalue weighted by Crippen LogP contribution is -2.37. The summed E-state index contributed by atoms with van der Waals surface area (Å²) in [6.07, 6.45) is 3.82. The van der Waals surface area contributed by atoms with E-state index in [2.05, 4.69) is 15.2 Å². The van der Waals surface area contributed by atoms with E-state index in [0.717, 1.165) is 74.8 Å². The van der Waals surface area contributed by atoms with Crippen molar-refractivity contribution in [1.82, 2.24) is 19.8 Å². The van der Waals surface area contributed by atoms with Gasteiger partial charge in [-0.05, 0) is 25.7 Å². The van der Waals surface area contributed by atoms with Gasteiger partial charge in [0.1, 0.15) is 5.03 Å². The van der Waals surface area contributed by atoms with E-state index in [0.29, 0.717) is 19.7 Å². The van der Waals surface area contributed by atoms with Crippen molar-refractivity contribution in [3.63, 3.8) is 0 Å². The number of hydrogen-bond acceptors (Lipinski definition) is 7. The molecule has 0 radical (unpaired) electrons. The number of aromatic nitrogens is 2. The van der Waals surface area contributed by atoms with Crippen molar-refractivity contribution < 1.29 is 14.3 Å². The molecular formula is C19H30N4O4S. The van der Waals surface area contributed by atoms with Gasteiger partial charge in [0, 0.05) is 51.1 Å². The summed E-state index contributed by atoms with van der Waals surface area (Å²) in [7, 11) is 1.60. The van der Waals surface area contributed by atoms with Crippen molar-refractivity contribution in [2.24, 2.45) is 0 Å². The van der Waals surface area contributed by atoms with Gasteiger partial charge in [0.2, 0.25) is 5.91 Å². The number of ether oxygens (including phenoxy) is 2. The molecule has 1 fully saturated rings. The lowest BCUT2D eigenvalue weighted by molar-refractivity contribution is -0.118. The summed E-state index contributed by atoms with van der Waals surface area (Å²) in [6.45, 7) is 6.18. The summed E-state index contributed by atoms with van der Waals surface area (Å²) in [6, 6.07) is 0. The Morgan fingerprint density at radius 1 is 1.29 bits per heavy atom. The number of morpholine rings is 1. The van der Waals surface area contributed by atoms with E-state index in [4.69, 9.17) is 9.47 Å². The highest BCUT2D eigenvalue weighted by atomic mass is 32.2. The number of carbonyl (C=O) groups excluding carboxylic acids is 1. The van der Waals surface area contributed by atoms with Crippen LogP contribution >= 0.6 is 11.8 Å². The number of thioether (sulfide) groups is 1. The fourth-order valence-electron chi connectivity index (χ4n) is 3.69. The van der Waals surface area contributed by atoms with Gasteiger partial charge in [-0.1, -0.05) is 11.8 Å². The van der Waals surface area contributed by atoms with Crippen LogP contribution in [0.2, 0.25) is 0 Å². The van der Waals surface area contributed by atoms with Crippen molar-refractivity contribution in [1.29, 1.82) is 0 Å². The Balaban J connectivity index is 1.58. The first-order valence-corrected chi connectivity index (χ1v) is 11.0. The minimum Gasteiger partial charge on any atom is -0.383 e. The fraction of sp³-hybridized carbons (Fsp3) is 0.737. The molecular weight excluding hydrogens is 380 g/mol. The lowest BCUT2D eigenvalue weighted by Gasteiger charge is -2.26. The van der Waals surface area contributed by atoms with Crippen molar-refractivity contribution in [3.05, 3.63) is 21.7 Å². The largest absolute Gasteiger partial charge is 0.383 e. The third-order valence-corrected chi connectivity index (χ3v) is 6.15. The predicted octanol–water partition coefficient (Wildman–Crippen LogP) is 0.309. The van der Waals surface area contributed by atoms with Gasteiger partial charge in [0.05, 0.1) is 25.6 Å². The van der Waals surface area contributed by atoms with E-state index in [-0.39, 0.29) is 17.3 Å². The van der Waals surface area contributed by atoms with E-state index >= 15 is 0 Å². The zero-order chi connectivity index (χ0) is 19.8. The molecule has 2 heterocycles. The van der Waals surface area contributed by atoms with E-state index in [1.807, 2.05) is 4.57 Å². The number of hydrogen-bond donors (Lipinski definition) is 1. The van der Waals surface area contributed by atoms with E-state index in [1.165, 1.54) is 11.8 Å². The molecule has 0 aromatic carbocycles. The van der Waals surface area contributed by atoms with Crippen LogP contribution in [0.1, 0.15) is 24.1 Å². The van der Waals surface area contributed by atoms with Crippen LogP contribution in [0, 0.1) is 0 Å². The normalized spacial score (nSPS) is 16.9. The first kappa shape index (κ1) is 21.3. The Kier molecular flexibility index (Phi) is 8.32. The standard InChI is InChI=1S/C19H30N4O4S/c1-26-11-6-20-17(24)14-28-18-15-4-2-5-16(15)23(19(25)21-18)8-3-7-22-9-12-27-13-10-22/h2-14H2,1H3,(H,20,24). The molecule has 2 aliphatic rings. The van der Waals surface area contributed by atoms with Gasteiger partial charge in [-0.15, -0.1) is 0 Å². The van der Waals surface area contributed by atoms with Crippen LogP contribution < -0.4 is 11.0 Å². The summed E-state index contributed by atoms with van der Waals surface area (Å²) in [5.74, 6) is 0.203. The van der Waals surface area contributed by atoms with E-state index in [1.54, 1.807) is 7.11 Å². The first-order chi connectivity index (χ1) is 13.7. The Morgan fingerprint density at radius 2 is 2.11 bits per heavy atom. The smallest absolute Gasteiger partial charge is 0.348 e. The average molecular weight is 411 g/mol. The van der Waals surface area contributed by atoms with E-state index < -0.39 is 0 Å². The summed E-state index contributed by atoms with van der Waals surface area (Å²) in [5, 5.41) is 3.52. The Morgan fingerprint density at radius 3 is 2.89 bits per heavy atom. The molecule has 8 nitrogen and oxygen atoms in total. The molecule has 1 aromatic heterocycles. The summed E-state index contributed by atoms with van der Waals surface area (Å²) < 4.78 is 12.2. The molecule has 1 aliphatic heterocycles. The van der Waals surface area contributed by atoms with Gasteiger partial charge in [0.25, 0.3) is 0 Å². The van der Waals surface area contributed by atoms with Gasteiger partial charge in [-0.3, -0.25) is 14.3 Å². The van der Waals surface area contributed by atoms with Gasteiger partial charge in [-0.25, -0.2) is 4.79 Å². The molecule has 0 bridgehead atoms. The fourth-order valence-corrected chi connectivity index (χ4v) is 4.60. The first-order valence-electron chi connectivity index (χ1n) is 10.00. The third-order valence-electron chi connectivity index (χ3n) is 5.13. The molecule has 0 unspecified atom stereocenters. The Labute approximate surface area is 170 Å². The molecule has 0 saturated carbocycles. The van der Waals surface area contributed by atoms with Gasteiger partial charge in [-0.2, -0.15) is 4.98 Å². The molecule has 0 spiro atoms. The topological polar surface area (TPSA) is 85.7 Å². The highest BCUT2D eigenvalue weighted by molar-refractivity contribution is 7.99. The average Bonchev–Trinajstić information content (AvgIpc) is 3.19. The molecule has 1 N–H and O–H groups in total. The number of rotatable bonds is 10. The monoisotopic (exact) mass is 410 g/mol. The molecule has 1 aromatic rings. The number of carbonyl (C=O) groups is 1. The highest BCUT2D eigenvalue weighted by Crippen LogP contribution is 2.29. The molecule has 9 heteroatoms. The molecule has 3 rings (SSSR count). The van der Waals surface area contributed by atoms with Crippen molar-refractivity contribution in [2.45, 2.75) is 37.3 Å². The zero-order valence-electron chi connectivity index (χ0n) is 16.6. The second kappa shape index (κ2) is 10.9. The van der Waals surface area contributed by atoms with Crippen LogP contribution in [0.15, 0.2) is 9.82 Å². The summed E-state index contributed by atoms with van der Waals surface area (Å²) in [4.78, 5) is 31.2. The van der Waals surface area contributed by atoms with Crippen LogP contribution in [0.5, 0.6) is 0 Å². The maximum Gasteiger partial charge on any atom is 0.348 e. The second-order valence-electron chi connectivity index (χ2n) is 7.07. The Hall–Kier alpha value is -1.42. The number of nitrogens with one attached hydrogen (secondary N) is 1. The maximum atomic E-state index is 12.6. The molecule has 1 saturated heterocycles. The summed E-state index contributed by atoms with van der Waals surface area (Å²) in [5.41, 5.74) is 2.08. The number of amides is 1.